The van der Waals surface area contributed by atoms with E-state index in [1.54, 1.807) is 5.32 Å². The summed E-state index contributed by atoms with van der Waals surface area (Å²) in [6.45, 7) is 1.33. The van der Waals surface area contributed by atoms with Gasteiger partial charge in [0.2, 0.25) is 0 Å². The number of alkyl halides is 4. The monoisotopic (exact) mass is 267 g/mol. The van der Waals surface area contributed by atoms with Crippen LogP contribution in [0.3, 0.4) is 0 Å². The van der Waals surface area contributed by atoms with Gasteiger partial charge < -0.3 is 5.32 Å². The van der Waals surface area contributed by atoms with Crippen LogP contribution in [0.4, 0.5) is 22.0 Å². The molecule has 18 heavy (non-hydrogen) atoms. The Bertz CT molecular complexity index is 418. The molecule has 1 rings (SSSR count). The molecule has 2 nitrogen and oxygen atoms in total. The molecule has 0 saturated carbocycles. The summed E-state index contributed by atoms with van der Waals surface area (Å²) in [6, 6.07) is 3.75. The highest BCUT2D eigenvalue weighted by Crippen LogP contribution is 2.24. The molecule has 0 aliphatic heterocycles. The second-order valence-electron chi connectivity index (χ2n) is 3.67. The molecule has 0 aliphatic carbocycles. The molecule has 1 N–H and O–H groups in total. The average molecular weight is 267 g/mol. The van der Waals surface area contributed by atoms with E-state index >= 15 is 0 Å². The molecule has 0 aliphatic rings. The van der Waals surface area contributed by atoms with Gasteiger partial charge in [0.05, 0.1) is 6.04 Å². The highest BCUT2D eigenvalue weighted by atomic mass is 19.3. The maximum atomic E-state index is 12.7. The number of halogens is 5. The van der Waals surface area contributed by atoms with Crippen LogP contribution in [0.2, 0.25) is 0 Å². The highest BCUT2D eigenvalue weighted by Gasteiger charge is 2.49. The van der Waals surface area contributed by atoms with Crippen LogP contribution >= 0.6 is 0 Å². The van der Waals surface area contributed by atoms with Crippen LogP contribution in [-0.4, -0.2) is 18.3 Å². The van der Waals surface area contributed by atoms with Gasteiger partial charge in [0.15, 0.2) is 0 Å². The van der Waals surface area contributed by atoms with Crippen LogP contribution in [0, 0.1) is 5.82 Å². The first kappa shape index (κ1) is 14.4. The van der Waals surface area contributed by atoms with Gasteiger partial charge >= 0.3 is 12.3 Å². The van der Waals surface area contributed by atoms with Crippen LogP contribution in [0.5, 0.6) is 0 Å². The van der Waals surface area contributed by atoms with Crippen molar-refractivity contribution in [2.24, 2.45) is 0 Å². The number of rotatable bonds is 4. The van der Waals surface area contributed by atoms with E-state index in [2.05, 4.69) is 0 Å². The zero-order valence-electron chi connectivity index (χ0n) is 9.26. The van der Waals surface area contributed by atoms with Crippen LogP contribution in [0.15, 0.2) is 24.3 Å². The van der Waals surface area contributed by atoms with Crippen LogP contribution in [-0.2, 0) is 4.79 Å². The fraction of sp³-hybridized carbons (Fsp3) is 0.364. The molecule has 1 aromatic carbocycles. The third-order valence-electron chi connectivity index (χ3n) is 2.29. The molecule has 0 saturated heterocycles. The molecule has 1 aromatic rings. The molecule has 0 fully saturated rings. The largest absolute Gasteiger partial charge is 0.383 e. The van der Waals surface area contributed by atoms with Crippen molar-refractivity contribution in [1.82, 2.24) is 5.32 Å². The number of hydrogen-bond donors (Lipinski definition) is 1. The Morgan fingerprint density at radius 1 is 1.22 bits per heavy atom. The van der Waals surface area contributed by atoms with Crippen LogP contribution in [0.1, 0.15) is 18.5 Å². The fourth-order valence-corrected chi connectivity index (χ4v) is 1.23. The van der Waals surface area contributed by atoms with Gasteiger partial charge in [-0.2, -0.15) is 8.78 Å². The Morgan fingerprint density at radius 3 is 2.17 bits per heavy atom. The Labute approximate surface area is 99.8 Å². The lowest BCUT2D eigenvalue weighted by Crippen LogP contribution is -2.45. The number of carbonyl (C=O) groups excluding carboxylic acids is 1. The minimum atomic E-state index is -4.74. The Hall–Kier alpha value is -1.66. The van der Waals surface area contributed by atoms with Crippen molar-refractivity contribution in [2.75, 3.05) is 0 Å². The average Bonchev–Trinajstić information content (AvgIpc) is 2.29. The Morgan fingerprint density at radius 2 is 1.72 bits per heavy atom. The third-order valence-corrected chi connectivity index (χ3v) is 2.29. The molecule has 0 aromatic heterocycles. The normalized spacial score (nSPS) is 13.5. The van der Waals surface area contributed by atoms with E-state index in [1.807, 2.05) is 0 Å². The van der Waals surface area contributed by atoms with Crippen molar-refractivity contribution >= 4 is 5.91 Å². The van der Waals surface area contributed by atoms with Crippen molar-refractivity contribution < 1.29 is 26.7 Å². The van der Waals surface area contributed by atoms with E-state index in [1.165, 1.54) is 19.1 Å². The second-order valence-corrected chi connectivity index (χ2v) is 3.67. The topological polar surface area (TPSA) is 29.1 Å². The smallest absolute Gasteiger partial charge is 0.344 e. The molecular formula is C11H10F5NO. The summed E-state index contributed by atoms with van der Waals surface area (Å²) in [7, 11) is 0. The minimum absolute atomic E-state index is 0.329. The van der Waals surface area contributed by atoms with E-state index in [9.17, 15) is 26.7 Å². The Kier molecular flexibility index (Phi) is 4.26. The molecule has 7 heteroatoms. The van der Waals surface area contributed by atoms with E-state index in [0.717, 1.165) is 12.1 Å². The first-order valence-electron chi connectivity index (χ1n) is 4.97. The van der Waals surface area contributed by atoms with Crippen molar-refractivity contribution in [3.63, 3.8) is 0 Å². The zero-order valence-corrected chi connectivity index (χ0v) is 9.26. The summed E-state index contributed by atoms with van der Waals surface area (Å²) in [6.07, 6.45) is -4.07. The Balaban J connectivity index is 2.73. The third kappa shape index (κ3) is 3.18. The molecule has 1 amide bonds. The van der Waals surface area contributed by atoms with Gasteiger partial charge in [0.25, 0.3) is 5.91 Å². The standard InChI is InChI=1S/C11H10F5NO/c1-6(7-2-4-8(12)5-3-7)17-10(18)11(15,16)9(13)14/h2-6,9H,1H3,(H,17,18). The lowest BCUT2D eigenvalue weighted by Gasteiger charge is -2.19. The molecule has 0 spiro atoms. The lowest BCUT2D eigenvalue weighted by molar-refractivity contribution is -0.170. The first-order valence-corrected chi connectivity index (χ1v) is 4.97. The lowest BCUT2D eigenvalue weighted by atomic mass is 10.1. The molecule has 0 radical (unpaired) electrons. The van der Waals surface area contributed by atoms with Crippen LogP contribution < -0.4 is 5.32 Å². The van der Waals surface area contributed by atoms with E-state index in [0.29, 0.717) is 5.56 Å². The molecule has 0 bridgehead atoms. The van der Waals surface area contributed by atoms with Crippen molar-refractivity contribution in [1.29, 1.82) is 0 Å². The van der Waals surface area contributed by atoms with E-state index < -0.39 is 30.1 Å². The fourth-order valence-electron chi connectivity index (χ4n) is 1.23. The SMILES string of the molecule is CC(NC(=O)C(F)(F)C(F)F)c1ccc(F)cc1. The second kappa shape index (κ2) is 5.32. The van der Waals surface area contributed by atoms with Gasteiger partial charge in [0.1, 0.15) is 5.82 Å². The number of benzene rings is 1. The molecular weight excluding hydrogens is 257 g/mol. The summed E-state index contributed by atoms with van der Waals surface area (Å²) >= 11 is 0. The number of nitrogens with one attached hydrogen (secondary N) is 1. The maximum Gasteiger partial charge on any atom is 0.383 e. The summed E-state index contributed by atoms with van der Waals surface area (Å²) in [5.74, 6) is -7.33. The molecule has 100 valence electrons. The molecule has 0 heterocycles. The summed E-state index contributed by atoms with van der Waals surface area (Å²) in [5, 5.41) is 1.75. The van der Waals surface area contributed by atoms with Gasteiger partial charge in [-0.05, 0) is 24.6 Å². The maximum absolute atomic E-state index is 12.7. The molecule has 1 atom stereocenters. The number of carbonyl (C=O) groups is 1. The number of amides is 1. The highest BCUT2D eigenvalue weighted by molar-refractivity contribution is 5.84. The summed E-state index contributed by atoms with van der Waals surface area (Å²) < 4.78 is 61.7. The summed E-state index contributed by atoms with van der Waals surface area (Å²) in [5.41, 5.74) is 0.329. The van der Waals surface area contributed by atoms with Crippen molar-refractivity contribution in [3.8, 4) is 0 Å². The predicted octanol–water partition coefficient (Wildman–Crippen LogP) is 2.90. The van der Waals surface area contributed by atoms with E-state index in [4.69, 9.17) is 0 Å². The van der Waals surface area contributed by atoms with Gasteiger partial charge in [0, 0.05) is 0 Å². The van der Waals surface area contributed by atoms with Gasteiger partial charge in [-0.3, -0.25) is 4.79 Å². The number of hydrogen-bond acceptors (Lipinski definition) is 1. The van der Waals surface area contributed by atoms with Gasteiger partial charge in [-0.1, -0.05) is 12.1 Å². The van der Waals surface area contributed by atoms with Gasteiger partial charge in [-0.15, -0.1) is 0 Å². The van der Waals surface area contributed by atoms with Crippen LogP contribution in [0.25, 0.3) is 0 Å². The van der Waals surface area contributed by atoms with E-state index in [-0.39, 0.29) is 0 Å². The van der Waals surface area contributed by atoms with Gasteiger partial charge in [-0.25, -0.2) is 13.2 Å². The summed E-state index contributed by atoms with van der Waals surface area (Å²) in [4.78, 5) is 10.9. The minimum Gasteiger partial charge on any atom is -0.344 e. The predicted molar refractivity (Wildman–Crippen MR) is 53.9 cm³/mol. The molecule has 1 unspecified atom stereocenters. The van der Waals surface area contributed by atoms with Crippen molar-refractivity contribution in [3.05, 3.63) is 35.6 Å². The quantitative estimate of drug-likeness (QED) is 0.835. The zero-order chi connectivity index (χ0) is 13.9. The first-order chi connectivity index (χ1) is 8.25. The van der Waals surface area contributed by atoms with Crippen molar-refractivity contribution in [2.45, 2.75) is 25.3 Å².